The van der Waals surface area contributed by atoms with Gasteiger partial charge < -0.3 is 15.0 Å². The van der Waals surface area contributed by atoms with E-state index in [0.717, 1.165) is 11.3 Å². The predicted molar refractivity (Wildman–Crippen MR) is 42.8 cm³/mol. The van der Waals surface area contributed by atoms with E-state index in [2.05, 4.69) is 10.2 Å². The minimum absolute atomic E-state index is 0. The Morgan fingerprint density at radius 2 is 1.54 bits per heavy atom. The summed E-state index contributed by atoms with van der Waals surface area (Å²) in [7, 11) is 0. The van der Waals surface area contributed by atoms with Crippen molar-refractivity contribution in [2.45, 2.75) is 33.1 Å². The van der Waals surface area contributed by atoms with Gasteiger partial charge in [0.1, 0.15) is 0 Å². The van der Waals surface area contributed by atoms with Gasteiger partial charge in [-0.05, 0) is 11.0 Å². The third kappa shape index (κ3) is 4.98. The predicted octanol–water partition coefficient (Wildman–Crippen LogP) is -5.42. The Hall–Kier alpha value is 2.62. The SMILES string of the molecule is Cc1[n-][n-]c(=O)c1C(C)(C)C.[Rb+].[Rb+]. The van der Waals surface area contributed by atoms with Gasteiger partial charge >= 0.3 is 116 Å². The van der Waals surface area contributed by atoms with E-state index >= 15 is 0 Å². The molecule has 1 aromatic rings. The molecule has 0 aliphatic carbocycles. The molecule has 3 nitrogen and oxygen atoms in total. The standard InChI is InChI=1S/C8H12N2O.2Rb/c1-5-6(8(2,3)4)7(11)10-9-5;;/h1-4H3;;/q-2;2*+1. The average molecular weight is 323 g/mol. The summed E-state index contributed by atoms with van der Waals surface area (Å²) < 4.78 is 0. The Labute approximate surface area is 176 Å². The van der Waals surface area contributed by atoms with Gasteiger partial charge in [-0.25, -0.2) is 0 Å². The van der Waals surface area contributed by atoms with Gasteiger partial charge in [0.15, 0.2) is 0 Å². The molecule has 1 heterocycles. The van der Waals surface area contributed by atoms with E-state index in [4.69, 9.17) is 0 Å². The molecule has 62 valence electrons. The zero-order valence-corrected chi connectivity index (χ0v) is 19.1. The molecule has 0 saturated carbocycles. The van der Waals surface area contributed by atoms with E-state index < -0.39 is 0 Å². The second-order valence-electron chi connectivity index (χ2n) is 3.72. The molecular weight excluding hydrogens is 311 g/mol. The number of aromatic nitrogens is 2. The van der Waals surface area contributed by atoms with Crippen molar-refractivity contribution in [3.63, 3.8) is 0 Å². The molecule has 0 atom stereocenters. The number of hydrogen-bond acceptors (Lipinski definition) is 1. The largest absolute Gasteiger partial charge is 1.00 e. The van der Waals surface area contributed by atoms with E-state index in [1.807, 2.05) is 27.7 Å². The van der Waals surface area contributed by atoms with Crippen LogP contribution in [0.15, 0.2) is 4.79 Å². The van der Waals surface area contributed by atoms with E-state index in [-0.39, 0.29) is 127 Å². The fourth-order valence-electron chi connectivity index (χ4n) is 1.24. The molecule has 0 fully saturated rings. The summed E-state index contributed by atoms with van der Waals surface area (Å²) in [5, 5.41) is 7.20. The number of nitrogens with zero attached hydrogens (tertiary/aromatic N) is 2. The molecule has 0 aromatic carbocycles. The molecule has 0 radical (unpaired) electrons. The molecule has 0 spiro atoms. The van der Waals surface area contributed by atoms with E-state index in [9.17, 15) is 4.79 Å². The quantitative estimate of drug-likeness (QED) is 0.479. The van der Waals surface area contributed by atoms with Gasteiger partial charge in [0.2, 0.25) is 0 Å². The topological polar surface area (TPSA) is 45.3 Å². The fraction of sp³-hybridized carbons (Fsp3) is 0.625. The first-order valence-electron chi connectivity index (χ1n) is 3.60. The van der Waals surface area contributed by atoms with Gasteiger partial charge in [0.25, 0.3) is 0 Å². The van der Waals surface area contributed by atoms with Crippen molar-refractivity contribution >= 4 is 0 Å². The Kier molecular flexibility index (Phi) is 9.75. The maximum atomic E-state index is 11.1. The van der Waals surface area contributed by atoms with Crippen molar-refractivity contribution in [3.05, 3.63) is 21.6 Å². The Bertz CT molecular complexity index is 309. The first-order valence-corrected chi connectivity index (χ1v) is 3.60. The molecule has 0 N–H and O–H groups in total. The molecule has 13 heavy (non-hydrogen) atoms. The van der Waals surface area contributed by atoms with Crippen LogP contribution < -0.4 is 132 Å². The number of rotatable bonds is 0. The zero-order valence-electron chi connectivity index (χ0n) is 9.30. The number of hydrogen-bond donors (Lipinski definition) is 0. The van der Waals surface area contributed by atoms with Gasteiger partial charge in [0, 0.05) is 0 Å². The third-order valence-electron chi connectivity index (χ3n) is 1.62. The second-order valence-corrected chi connectivity index (χ2v) is 3.72. The Morgan fingerprint density at radius 3 is 1.69 bits per heavy atom. The Balaban J connectivity index is 0. The van der Waals surface area contributed by atoms with Crippen molar-refractivity contribution < 1.29 is 116 Å². The van der Waals surface area contributed by atoms with Crippen LogP contribution in [0.3, 0.4) is 0 Å². The fourth-order valence-corrected chi connectivity index (χ4v) is 1.24. The summed E-state index contributed by atoms with van der Waals surface area (Å²) in [6, 6.07) is 0. The van der Waals surface area contributed by atoms with E-state index in [1.165, 1.54) is 0 Å². The van der Waals surface area contributed by atoms with Gasteiger partial charge in [-0.2, -0.15) is 5.69 Å². The van der Waals surface area contributed by atoms with E-state index in [1.54, 1.807) is 0 Å². The summed E-state index contributed by atoms with van der Waals surface area (Å²) in [6.45, 7) is 7.77. The van der Waals surface area contributed by atoms with Crippen molar-refractivity contribution in [2.24, 2.45) is 0 Å². The van der Waals surface area contributed by atoms with E-state index in [0.29, 0.717) is 0 Å². The summed E-state index contributed by atoms with van der Waals surface area (Å²) in [5.74, 6) is 0. The summed E-state index contributed by atoms with van der Waals surface area (Å²) in [4.78, 5) is 11.1. The van der Waals surface area contributed by atoms with Gasteiger partial charge in [-0.1, -0.05) is 27.7 Å². The minimum Gasteiger partial charge on any atom is -0.805 e. The van der Waals surface area contributed by atoms with Crippen LogP contribution in [0.25, 0.3) is 0 Å². The summed E-state index contributed by atoms with van der Waals surface area (Å²) in [6.07, 6.45) is 0. The molecule has 0 unspecified atom stereocenters. The van der Waals surface area contributed by atoms with Gasteiger partial charge in [0.05, 0.1) is 5.56 Å². The average Bonchev–Trinajstić information content (AvgIpc) is 2.08. The zero-order chi connectivity index (χ0) is 8.65. The van der Waals surface area contributed by atoms with Crippen LogP contribution in [0.1, 0.15) is 32.0 Å². The van der Waals surface area contributed by atoms with Crippen LogP contribution in [0.4, 0.5) is 0 Å². The molecule has 5 heteroatoms. The Morgan fingerprint density at radius 1 is 1.08 bits per heavy atom. The smallest absolute Gasteiger partial charge is 0.805 e. The maximum absolute atomic E-state index is 11.1. The molecule has 0 aliphatic heterocycles. The molecule has 0 aliphatic rings. The molecule has 1 rings (SSSR count). The van der Waals surface area contributed by atoms with Crippen molar-refractivity contribution in [1.29, 1.82) is 0 Å². The second kappa shape index (κ2) is 7.05. The van der Waals surface area contributed by atoms with Crippen molar-refractivity contribution in [1.82, 2.24) is 10.2 Å². The summed E-state index contributed by atoms with van der Waals surface area (Å²) in [5.41, 5.74) is 1.17. The third-order valence-corrected chi connectivity index (χ3v) is 1.62. The van der Waals surface area contributed by atoms with Crippen LogP contribution in [-0.2, 0) is 5.41 Å². The molecular formula is C8H12N2ORb2. The van der Waals surface area contributed by atoms with Crippen molar-refractivity contribution in [2.75, 3.05) is 0 Å². The van der Waals surface area contributed by atoms with Crippen LogP contribution in [-0.4, -0.2) is 0 Å². The first kappa shape index (κ1) is 18.0. The first-order chi connectivity index (χ1) is 4.93. The van der Waals surface area contributed by atoms with Crippen LogP contribution >= 0.6 is 0 Å². The van der Waals surface area contributed by atoms with Crippen LogP contribution in [0.5, 0.6) is 0 Å². The van der Waals surface area contributed by atoms with Crippen LogP contribution in [0.2, 0.25) is 0 Å². The monoisotopic (exact) mass is 322 g/mol. The minimum atomic E-state index is -0.185. The molecule has 0 saturated heterocycles. The summed E-state index contributed by atoms with van der Waals surface area (Å²) >= 11 is 0. The van der Waals surface area contributed by atoms with Crippen molar-refractivity contribution in [3.8, 4) is 0 Å². The normalized spacial score (nSPS) is 10.2. The van der Waals surface area contributed by atoms with Gasteiger partial charge in [-0.3, -0.25) is 0 Å². The van der Waals surface area contributed by atoms with Gasteiger partial charge in [-0.15, -0.1) is 0 Å². The maximum Gasteiger partial charge on any atom is 1.00 e. The number of aryl methyl sites for hydroxylation is 1. The molecule has 1 aromatic heterocycles. The van der Waals surface area contributed by atoms with Crippen LogP contribution in [0, 0.1) is 6.92 Å². The molecule has 0 amide bonds. The molecule has 0 bridgehead atoms.